The van der Waals surface area contributed by atoms with E-state index in [0.717, 1.165) is 60.5 Å². The Kier molecular flexibility index (Phi) is 16.0. The van der Waals surface area contributed by atoms with E-state index < -0.39 is 50.1 Å². The van der Waals surface area contributed by atoms with Crippen molar-refractivity contribution in [3.63, 3.8) is 0 Å². The van der Waals surface area contributed by atoms with Crippen molar-refractivity contribution >= 4 is 52.3 Å². The number of carboxylic acid groups (broad SMARTS) is 4. The van der Waals surface area contributed by atoms with Gasteiger partial charge < -0.3 is 49.3 Å². The molecule has 4 N–H and O–H groups in total. The van der Waals surface area contributed by atoms with Crippen molar-refractivity contribution in [2.24, 2.45) is 0 Å². The highest BCUT2D eigenvalue weighted by atomic mass is 16.5. The van der Waals surface area contributed by atoms with Gasteiger partial charge in [0.25, 0.3) is 0 Å². The Morgan fingerprint density at radius 1 is 0.681 bits per heavy atom. The Balaban J connectivity index is 1.27. The number of rotatable bonds is 22. The molecular formula is C57H65N4O11+. The Morgan fingerprint density at radius 2 is 1.29 bits per heavy atom. The van der Waals surface area contributed by atoms with Crippen molar-refractivity contribution in [3.05, 3.63) is 149 Å². The van der Waals surface area contributed by atoms with E-state index in [1.807, 2.05) is 6.92 Å². The molecule has 4 aromatic carbocycles. The molecule has 15 nitrogen and oxygen atoms in total. The van der Waals surface area contributed by atoms with Gasteiger partial charge >= 0.3 is 23.9 Å². The van der Waals surface area contributed by atoms with Crippen LogP contribution in [0.1, 0.15) is 77.5 Å². The van der Waals surface area contributed by atoms with E-state index in [0.29, 0.717) is 11.5 Å². The van der Waals surface area contributed by atoms with Gasteiger partial charge in [-0.1, -0.05) is 62.4 Å². The Morgan fingerprint density at radius 3 is 1.93 bits per heavy atom. The average molecular weight is 982 g/mol. The molecule has 0 fully saturated rings. The lowest BCUT2D eigenvalue weighted by molar-refractivity contribution is -0.433. The molecule has 0 radical (unpaired) electrons. The summed E-state index contributed by atoms with van der Waals surface area (Å²) < 4.78 is 21.6. The molecule has 0 atom stereocenters. The Hall–Kier alpha value is -7.81. The van der Waals surface area contributed by atoms with Gasteiger partial charge in [-0.15, -0.1) is 0 Å². The molecule has 2 heterocycles. The fourth-order valence-corrected chi connectivity index (χ4v) is 10.1. The first-order valence-corrected chi connectivity index (χ1v) is 24.3. The molecule has 72 heavy (non-hydrogen) atoms. The third-order valence-corrected chi connectivity index (χ3v) is 13.4. The fraction of sp³-hybridized carbons (Fsp3) is 0.351. The largest absolute Gasteiger partial charge is 0.488 e. The molecule has 0 amide bonds. The van der Waals surface area contributed by atoms with Crippen LogP contribution in [-0.2, 0) is 30.0 Å². The number of nitrogens with zero attached hydrogens (tertiary/aromatic N) is 4. The number of aryl methyl sites for hydroxylation is 1. The van der Waals surface area contributed by atoms with Crippen LogP contribution < -0.4 is 28.9 Å². The highest BCUT2D eigenvalue weighted by molar-refractivity contribution is 6.03. The number of likely N-dealkylation sites (N-methyl/N-ethyl adjacent to an activating group) is 1. The van der Waals surface area contributed by atoms with Gasteiger partial charge in [0.15, 0.2) is 5.71 Å². The minimum absolute atomic E-state index is 0.0973. The molecule has 15 heteroatoms. The second-order valence-corrected chi connectivity index (χ2v) is 19.1. The lowest BCUT2D eigenvalue weighted by atomic mass is 9.81. The molecule has 7 rings (SSSR count). The molecule has 0 saturated heterocycles. The van der Waals surface area contributed by atoms with Gasteiger partial charge in [0.05, 0.1) is 16.8 Å². The van der Waals surface area contributed by atoms with Crippen LogP contribution in [0.2, 0.25) is 0 Å². The second-order valence-electron chi connectivity index (χ2n) is 19.1. The number of ether oxygens (including phenoxy) is 3. The fourth-order valence-electron chi connectivity index (χ4n) is 10.1. The second kappa shape index (κ2) is 22.1. The number of aliphatic carboxylic acids is 4. The summed E-state index contributed by atoms with van der Waals surface area (Å²) in [6, 6.07) is 26.8. The van der Waals surface area contributed by atoms with Crippen LogP contribution in [0, 0.1) is 6.92 Å². The number of anilines is 3. The van der Waals surface area contributed by atoms with E-state index >= 15 is 0 Å². The van der Waals surface area contributed by atoms with E-state index in [9.17, 15) is 39.6 Å². The molecule has 0 unspecified atom stereocenters. The number of carboxylic acids is 4. The number of allylic oxidation sites excluding steroid dienone is 7. The van der Waals surface area contributed by atoms with Gasteiger partial charge in [-0.05, 0) is 119 Å². The third-order valence-electron chi connectivity index (χ3n) is 13.4. The number of hydrogen-bond acceptors (Lipinski definition) is 10. The minimum Gasteiger partial charge on any atom is -0.488 e. The standard InChI is InChI=1S/C57H64N4O11/c1-8-60-43-19-12-10-17-41(43)56(4,5)49(60)27-22-38-15-14-16-39(23-28-50-57(6,7)42-18-11-13-20-44(42)61(50)9-2)55(38)72-40-24-26-47(46(32-40)59(35-53(66)67)36-54(68)69)70-29-30-71-48-31-37(3)21-25-45(48)58(33-51(62)63)34-52(64)65/h10-13,17-28,31-32H,8-9,14-16,29-30,33-36H2,1-7H3,(H3-,62,63,64,65,66,67,68,69)/p+1. The number of benzene rings is 4. The zero-order valence-electron chi connectivity index (χ0n) is 42.1. The monoisotopic (exact) mass is 981 g/mol. The number of hydrogen-bond donors (Lipinski definition) is 4. The lowest BCUT2D eigenvalue weighted by Gasteiger charge is -2.27. The van der Waals surface area contributed by atoms with Crippen molar-refractivity contribution in [3.8, 4) is 17.2 Å². The molecule has 0 bridgehead atoms. The first-order chi connectivity index (χ1) is 34.3. The van der Waals surface area contributed by atoms with Crippen molar-refractivity contribution in [1.82, 2.24) is 0 Å². The van der Waals surface area contributed by atoms with Gasteiger partial charge in [-0.25, -0.2) is 0 Å². The van der Waals surface area contributed by atoms with Gasteiger partial charge in [-0.3, -0.25) is 19.2 Å². The van der Waals surface area contributed by atoms with Crippen molar-refractivity contribution in [2.75, 3.05) is 67.2 Å². The third kappa shape index (κ3) is 11.4. The lowest BCUT2D eigenvalue weighted by Crippen LogP contribution is -2.35. The molecular weight excluding hydrogens is 917 g/mol. The summed E-state index contributed by atoms with van der Waals surface area (Å²) in [4.78, 5) is 52.6. The molecule has 3 aliphatic rings. The summed E-state index contributed by atoms with van der Waals surface area (Å²) in [7, 11) is 0. The molecule has 0 spiro atoms. The molecule has 378 valence electrons. The van der Waals surface area contributed by atoms with Gasteiger partial charge in [-0.2, -0.15) is 4.58 Å². The molecule has 1 aliphatic carbocycles. The van der Waals surface area contributed by atoms with E-state index in [1.54, 1.807) is 36.4 Å². The van der Waals surface area contributed by atoms with Crippen LogP contribution in [0.4, 0.5) is 22.7 Å². The zero-order valence-corrected chi connectivity index (χ0v) is 42.1. The summed E-state index contributed by atoms with van der Waals surface area (Å²) in [5, 5.41) is 39.1. The summed E-state index contributed by atoms with van der Waals surface area (Å²) in [6.07, 6.45) is 11.0. The smallest absolute Gasteiger partial charge is 0.323 e. The average Bonchev–Trinajstić information content (AvgIpc) is 3.69. The van der Waals surface area contributed by atoms with Gasteiger partial charge in [0.2, 0.25) is 5.69 Å². The molecule has 2 aliphatic heterocycles. The minimum atomic E-state index is -1.26. The van der Waals surface area contributed by atoms with Crippen molar-refractivity contribution in [2.45, 2.75) is 78.6 Å². The van der Waals surface area contributed by atoms with E-state index in [1.165, 1.54) is 32.3 Å². The van der Waals surface area contributed by atoms with Crippen LogP contribution in [0.15, 0.2) is 132 Å². The Labute approximate surface area is 420 Å². The van der Waals surface area contributed by atoms with E-state index in [-0.39, 0.29) is 46.9 Å². The van der Waals surface area contributed by atoms with Gasteiger partial charge in [0, 0.05) is 47.1 Å². The first-order valence-electron chi connectivity index (χ1n) is 24.3. The molecule has 0 saturated carbocycles. The number of carbonyl (C=O) groups is 4. The normalized spacial score (nSPS) is 16.8. The maximum Gasteiger partial charge on any atom is 0.323 e. The molecule has 4 aromatic rings. The summed E-state index contributed by atoms with van der Waals surface area (Å²) in [5.41, 5.74) is 9.76. The predicted octanol–water partition coefficient (Wildman–Crippen LogP) is 9.50. The van der Waals surface area contributed by atoms with Crippen molar-refractivity contribution < 1.29 is 58.4 Å². The van der Waals surface area contributed by atoms with E-state index in [4.69, 9.17) is 14.2 Å². The topological polar surface area (TPSA) is 190 Å². The SMILES string of the molecule is CCN1C(=CC=C2CCCC(C=CC3=[N+](CC)c4ccccc4C3(C)C)=C2Oc2ccc(OCCOc3cc(C)ccc3N(CC(=O)O)CC(=O)O)c(N(CC(=O)O)CC(=O)O)c2)C(C)(C)c2ccccc21. The highest BCUT2D eigenvalue weighted by Crippen LogP contribution is 2.48. The highest BCUT2D eigenvalue weighted by Gasteiger charge is 2.44. The van der Waals surface area contributed by atoms with Crippen LogP contribution in [0.25, 0.3) is 0 Å². The first kappa shape index (κ1) is 52.0. The Bertz CT molecular complexity index is 2880. The summed E-state index contributed by atoms with van der Waals surface area (Å²) in [6.45, 7) is 13.9. The maximum atomic E-state index is 12.3. The zero-order chi connectivity index (χ0) is 51.9. The quantitative estimate of drug-likeness (QED) is 0.0430. The van der Waals surface area contributed by atoms with Gasteiger partial charge in [0.1, 0.15) is 68.9 Å². The van der Waals surface area contributed by atoms with Crippen LogP contribution in [0.3, 0.4) is 0 Å². The van der Waals surface area contributed by atoms with Crippen LogP contribution in [0.5, 0.6) is 17.2 Å². The van der Waals surface area contributed by atoms with E-state index in [2.05, 4.69) is 124 Å². The number of fused-ring (bicyclic) bond motifs is 2. The summed E-state index contributed by atoms with van der Waals surface area (Å²) in [5.74, 6) is -3.59. The maximum absolute atomic E-state index is 12.3. The predicted molar refractivity (Wildman–Crippen MR) is 278 cm³/mol. The van der Waals surface area contributed by atoms with Crippen LogP contribution in [-0.4, -0.2) is 107 Å². The van der Waals surface area contributed by atoms with Crippen molar-refractivity contribution in [1.29, 1.82) is 0 Å². The summed E-state index contributed by atoms with van der Waals surface area (Å²) >= 11 is 0. The molecule has 0 aromatic heterocycles. The number of para-hydroxylation sites is 2. The van der Waals surface area contributed by atoms with Crippen LogP contribution >= 0.6 is 0 Å².